The van der Waals surface area contributed by atoms with Crippen molar-refractivity contribution in [3.63, 3.8) is 0 Å². The van der Waals surface area contributed by atoms with Gasteiger partial charge in [0.2, 0.25) is 5.90 Å². The number of aromatic nitrogens is 2. The van der Waals surface area contributed by atoms with E-state index in [0.29, 0.717) is 23.3 Å². The number of pyridine rings is 1. The lowest BCUT2D eigenvalue weighted by Crippen LogP contribution is -2.06. The maximum atomic E-state index is 7.69. The van der Waals surface area contributed by atoms with Crippen molar-refractivity contribution in [3.8, 4) is 0 Å². The zero-order valence-electron chi connectivity index (χ0n) is 8.37. The van der Waals surface area contributed by atoms with Crippen LogP contribution in [0.25, 0.3) is 11.0 Å². The van der Waals surface area contributed by atoms with E-state index in [0.717, 1.165) is 5.39 Å². The summed E-state index contributed by atoms with van der Waals surface area (Å²) in [6, 6.07) is 1.78. The molecule has 0 spiro atoms. The normalized spacial score (nSPS) is 10.5. The summed E-state index contributed by atoms with van der Waals surface area (Å²) in [5.41, 5.74) is 1.97. The Morgan fingerprint density at radius 1 is 1.67 bits per heavy atom. The van der Waals surface area contributed by atoms with Crippen LogP contribution in [0.15, 0.2) is 18.5 Å². The summed E-state index contributed by atoms with van der Waals surface area (Å²) < 4.78 is 5.13. The number of nitrogens with zero attached hydrogens (tertiary/aromatic N) is 1. The van der Waals surface area contributed by atoms with Crippen molar-refractivity contribution in [3.05, 3.63) is 24.0 Å². The van der Waals surface area contributed by atoms with Gasteiger partial charge in [-0.25, -0.2) is 4.98 Å². The summed E-state index contributed by atoms with van der Waals surface area (Å²) in [6.45, 7) is 2.32. The van der Waals surface area contributed by atoms with E-state index in [2.05, 4.69) is 9.97 Å². The Labute approximate surface area is 88.6 Å². The van der Waals surface area contributed by atoms with Crippen molar-refractivity contribution in [2.24, 2.45) is 0 Å². The minimum atomic E-state index is 0.135. The van der Waals surface area contributed by atoms with E-state index < -0.39 is 0 Å². The molecule has 0 unspecified atom stereocenters. The van der Waals surface area contributed by atoms with Gasteiger partial charge in [0.1, 0.15) is 13.5 Å². The summed E-state index contributed by atoms with van der Waals surface area (Å²) in [4.78, 5) is 7.08. The van der Waals surface area contributed by atoms with Crippen LogP contribution < -0.4 is 5.46 Å². The number of H-pyrrole nitrogens is 1. The molecule has 0 saturated carbocycles. The SMILES string of the molecule is [B]c1cnc2[nH]cc(C(=N)OCC)c2c1. The van der Waals surface area contributed by atoms with Crippen LogP contribution >= 0.6 is 0 Å². The van der Waals surface area contributed by atoms with Crippen LogP contribution in [0.2, 0.25) is 0 Å². The Morgan fingerprint density at radius 3 is 3.20 bits per heavy atom. The third-order valence-electron chi connectivity index (χ3n) is 2.09. The lowest BCUT2D eigenvalue weighted by atomic mass is 9.97. The third-order valence-corrected chi connectivity index (χ3v) is 2.09. The molecule has 2 rings (SSSR count). The molecule has 15 heavy (non-hydrogen) atoms. The predicted octanol–water partition coefficient (Wildman–Crippen LogP) is 0.719. The quantitative estimate of drug-likeness (QED) is 0.425. The Bertz CT molecular complexity index is 506. The van der Waals surface area contributed by atoms with Crippen molar-refractivity contribution in [2.45, 2.75) is 6.92 Å². The van der Waals surface area contributed by atoms with Gasteiger partial charge >= 0.3 is 0 Å². The zero-order valence-corrected chi connectivity index (χ0v) is 8.37. The van der Waals surface area contributed by atoms with E-state index in [4.69, 9.17) is 18.0 Å². The molecule has 0 aliphatic rings. The molecule has 0 saturated heterocycles. The average Bonchev–Trinajstić information content (AvgIpc) is 2.60. The lowest BCUT2D eigenvalue weighted by molar-refractivity contribution is 0.326. The van der Waals surface area contributed by atoms with Crippen LogP contribution in [0.3, 0.4) is 0 Å². The van der Waals surface area contributed by atoms with Gasteiger partial charge in [0.25, 0.3) is 0 Å². The van der Waals surface area contributed by atoms with Crippen molar-refractivity contribution >= 4 is 30.2 Å². The highest BCUT2D eigenvalue weighted by molar-refractivity contribution is 6.33. The predicted molar refractivity (Wildman–Crippen MR) is 59.9 cm³/mol. The Morgan fingerprint density at radius 2 is 2.47 bits per heavy atom. The van der Waals surface area contributed by atoms with Crippen molar-refractivity contribution in [2.75, 3.05) is 6.61 Å². The first-order valence-corrected chi connectivity index (χ1v) is 4.66. The van der Waals surface area contributed by atoms with Crippen LogP contribution in [0, 0.1) is 5.41 Å². The molecule has 2 radical (unpaired) electrons. The number of nitrogens with one attached hydrogen (secondary N) is 2. The molecular formula is C10H10BN3O. The average molecular weight is 199 g/mol. The van der Waals surface area contributed by atoms with Gasteiger partial charge in [0.15, 0.2) is 0 Å². The number of hydrogen-bond acceptors (Lipinski definition) is 3. The highest BCUT2D eigenvalue weighted by atomic mass is 16.5. The summed E-state index contributed by atoms with van der Waals surface area (Å²) in [7, 11) is 5.64. The van der Waals surface area contributed by atoms with Gasteiger partial charge in [-0.15, -0.1) is 0 Å². The Balaban J connectivity index is 2.52. The number of rotatable bonds is 2. The molecule has 74 valence electrons. The maximum Gasteiger partial charge on any atom is 0.215 e. The Hall–Kier alpha value is -1.78. The van der Waals surface area contributed by atoms with Crippen molar-refractivity contribution < 1.29 is 4.74 Å². The molecule has 0 aromatic carbocycles. The molecule has 0 bridgehead atoms. The van der Waals surface area contributed by atoms with Gasteiger partial charge in [-0.3, -0.25) is 5.41 Å². The second-order valence-corrected chi connectivity index (χ2v) is 3.13. The van der Waals surface area contributed by atoms with Gasteiger partial charge in [-0.2, -0.15) is 0 Å². The molecule has 0 atom stereocenters. The van der Waals surface area contributed by atoms with E-state index in [1.54, 1.807) is 18.5 Å². The fraction of sp³-hybridized carbons (Fsp3) is 0.200. The van der Waals surface area contributed by atoms with Gasteiger partial charge < -0.3 is 9.72 Å². The second kappa shape index (κ2) is 3.77. The molecular weight excluding hydrogens is 189 g/mol. The molecule has 0 aliphatic heterocycles. The monoisotopic (exact) mass is 199 g/mol. The maximum absolute atomic E-state index is 7.69. The van der Waals surface area contributed by atoms with Crippen LogP contribution in [-0.2, 0) is 4.74 Å². The molecule has 2 aromatic heterocycles. The summed E-state index contributed by atoms with van der Waals surface area (Å²) in [6.07, 6.45) is 3.28. The van der Waals surface area contributed by atoms with E-state index in [1.165, 1.54) is 0 Å². The molecule has 2 aromatic rings. The summed E-state index contributed by atoms with van der Waals surface area (Å²) >= 11 is 0. The largest absolute Gasteiger partial charge is 0.478 e. The topological polar surface area (TPSA) is 61.8 Å². The fourth-order valence-corrected chi connectivity index (χ4v) is 1.43. The molecule has 4 nitrogen and oxygen atoms in total. The number of aromatic amines is 1. The first kappa shape index (κ1) is 9.77. The highest BCUT2D eigenvalue weighted by Gasteiger charge is 2.09. The molecule has 2 heterocycles. The van der Waals surface area contributed by atoms with Gasteiger partial charge in [0, 0.05) is 17.8 Å². The molecule has 0 fully saturated rings. The zero-order chi connectivity index (χ0) is 10.8. The lowest BCUT2D eigenvalue weighted by Gasteiger charge is -2.02. The standard InChI is InChI=1S/C10H10BN3O/c1-2-15-9(12)8-5-14-10-7(8)3-6(11)4-13-10/h3-5,12H,2H2,1H3,(H,13,14). The summed E-state index contributed by atoms with van der Waals surface area (Å²) in [5, 5.41) is 8.50. The second-order valence-electron chi connectivity index (χ2n) is 3.13. The van der Waals surface area contributed by atoms with Gasteiger partial charge in [-0.05, 0) is 6.92 Å². The number of fused-ring (bicyclic) bond motifs is 1. The van der Waals surface area contributed by atoms with E-state index >= 15 is 0 Å². The first-order valence-electron chi connectivity index (χ1n) is 4.66. The smallest absolute Gasteiger partial charge is 0.215 e. The van der Waals surface area contributed by atoms with Crippen LogP contribution in [-0.4, -0.2) is 30.3 Å². The summed E-state index contributed by atoms with van der Waals surface area (Å²) in [5.74, 6) is 0.135. The van der Waals surface area contributed by atoms with Gasteiger partial charge in [-0.1, -0.05) is 11.5 Å². The van der Waals surface area contributed by atoms with Crippen LogP contribution in [0.4, 0.5) is 0 Å². The van der Waals surface area contributed by atoms with E-state index in [1.807, 2.05) is 6.92 Å². The first-order chi connectivity index (χ1) is 7.22. The van der Waals surface area contributed by atoms with Gasteiger partial charge in [0.05, 0.1) is 12.2 Å². The van der Waals surface area contributed by atoms with E-state index in [9.17, 15) is 0 Å². The highest BCUT2D eigenvalue weighted by Crippen LogP contribution is 2.15. The third kappa shape index (κ3) is 1.72. The number of hydrogen-bond donors (Lipinski definition) is 2. The molecule has 2 N–H and O–H groups in total. The van der Waals surface area contributed by atoms with Crippen LogP contribution in [0.1, 0.15) is 12.5 Å². The van der Waals surface area contributed by atoms with Crippen molar-refractivity contribution in [1.29, 1.82) is 5.41 Å². The molecule has 5 heteroatoms. The van der Waals surface area contributed by atoms with Crippen LogP contribution in [0.5, 0.6) is 0 Å². The van der Waals surface area contributed by atoms with Crippen molar-refractivity contribution in [1.82, 2.24) is 9.97 Å². The molecule has 0 amide bonds. The minimum Gasteiger partial charge on any atom is -0.478 e. The Kier molecular flexibility index (Phi) is 2.45. The fourth-order valence-electron chi connectivity index (χ4n) is 1.43. The number of ether oxygens (including phenoxy) is 1. The van der Waals surface area contributed by atoms with E-state index in [-0.39, 0.29) is 5.90 Å². The molecule has 0 aliphatic carbocycles. The minimum absolute atomic E-state index is 0.135.